The number of fused-ring (bicyclic) bond motifs is 6. The number of nitrogen functional groups attached to an aromatic ring is 2. The quantitative estimate of drug-likeness (QED) is 0.156. The van der Waals surface area contributed by atoms with E-state index >= 15 is 4.79 Å². The number of carbonyl (C=O) groups is 1. The van der Waals surface area contributed by atoms with Gasteiger partial charge in [-0.15, -0.1) is 26.3 Å². The SMILES string of the molecule is Nc1nc2ccc(C3(c4ccc(OC(F)(F)F)cc4)CCCCN3C(=O)N3CCCCC3(c3ccc(OC(F)(F)F)cc3)c3ccc4nc(N)c5cncn5c4c3)cc2n2cncc12. The maximum Gasteiger partial charge on any atom is 0.573 e. The molecule has 2 aliphatic heterocycles. The fraction of sp³-hybridized carbons (Fsp3) is 0.267. The van der Waals surface area contributed by atoms with Gasteiger partial charge in [-0.25, -0.2) is 24.7 Å². The molecule has 2 atom stereocenters. The van der Waals surface area contributed by atoms with Crippen LogP contribution in [0.3, 0.4) is 0 Å². The second kappa shape index (κ2) is 14.9. The van der Waals surface area contributed by atoms with Gasteiger partial charge in [0.2, 0.25) is 0 Å². The number of nitrogens with zero attached hydrogens (tertiary/aromatic N) is 8. The van der Waals surface area contributed by atoms with Crippen LogP contribution in [0.1, 0.15) is 60.8 Å². The number of imidazole rings is 2. The summed E-state index contributed by atoms with van der Waals surface area (Å²) in [5, 5.41) is 0. The number of carbonyl (C=O) groups excluding carboxylic acids is 1. The third-order valence-corrected chi connectivity index (χ3v) is 12.6. The number of rotatable bonds is 6. The summed E-state index contributed by atoms with van der Waals surface area (Å²) < 4.78 is 92.7. The highest BCUT2D eigenvalue weighted by atomic mass is 19.4. The maximum absolute atomic E-state index is 16.2. The molecule has 0 saturated carbocycles. The fourth-order valence-corrected chi connectivity index (χ4v) is 9.88. The van der Waals surface area contributed by atoms with Crippen molar-refractivity contribution in [3.05, 3.63) is 132 Å². The lowest BCUT2D eigenvalue weighted by molar-refractivity contribution is -0.275. The Balaban J connectivity index is 1.18. The van der Waals surface area contributed by atoms with E-state index in [1.165, 1.54) is 24.3 Å². The number of hydrogen-bond donors (Lipinski definition) is 2. The summed E-state index contributed by atoms with van der Waals surface area (Å²) >= 11 is 0. The van der Waals surface area contributed by atoms with E-state index in [2.05, 4.69) is 29.4 Å². The number of urea groups is 1. The first-order chi connectivity index (χ1) is 30.6. The highest BCUT2D eigenvalue weighted by Gasteiger charge is 2.52. The summed E-state index contributed by atoms with van der Waals surface area (Å²) in [7, 11) is 0. The van der Waals surface area contributed by atoms with E-state index in [0.29, 0.717) is 93.9 Å². The lowest BCUT2D eigenvalue weighted by Gasteiger charge is -2.54. The van der Waals surface area contributed by atoms with Crippen molar-refractivity contribution in [3.8, 4) is 11.5 Å². The monoisotopic (exact) mass is 880 g/mol. The number of amides is 2. The van der Waals surface area contributed by atoms with Crippen LogP contribution in [0.4, 0.5) is 42.8 Å². The lowest BCUT2D eigenvalue weighted by atomic mass is 9.73. The van der Waals surface area contributed by atoms with Gasteiger partial charge in [0.25, 0.3) is 0 Å². The van der Waals surface area contributed by atoms with Crippen LogP contribution in [0.25, 0.3) is 33.1 Å². The average Bonchev–Trinajstić information content (AvgIpc) is 3.98. The van der Waals surface area contributed by atoms with E-state index < -0.39 is 41.3 Å². The molecular formula is C45H38F6N10O3. The Bertz CT molecular complexity index is 2880. The summed E-state index contributed by atoms with van der Waals surface area (Å²) in [5.74, 6) is -0.316. The first-order valence-electron chi connectivity index (χ1n) is 20.5. The minimum absolute atomic E-state index is 0.250. The highest BCUT2D eigenvalue weighted by Crippen LogP contribution is 2.50. The zero-order chi connectivity index (χ0) is 44.6. The minimum atomic E-state index is -4.93. The number of piperidine rings is 2. The van der Waals surface area contributed by atoms with E-state index in [-0.39, 0.29) is 24.7 Å². The summed E-state index contributed by atoms with van der Waals surface area (Å²) in [4.78, 5) is 37.5. The maximum atomic E-state index is 16.2. The van der Waals surface area contributed by atoms with Gasteiger partial charge in [0.15, 0.2) is 0 Å². The number of nitrogens with two attached hydrogens (primary N) is 2. The molecule has 64 heavy (non-hydrogen) atoms. The first-order valence-corrected chi connectivity index (χ1v) is 20.5. The molecule has 0 radical (unpaired) electrons. The Morgan fingerprint density at radius 3 is 1.33 bits per heavy atom. The summed E-state index contributed by atoms with van der Waals surface area (Å²) in [6, 6.07) is 21.9. The van der Waals surface area contributed by atoms with Crippen LogP contribution < -0.4 is 20.9 Å². The van der Waals surface area contributed by atoms with E-state index in [9.17, 15) is 26.3 Å². The molecule has 13 nitrogen and oxygen atoms in total. The van der Waals surface area contributed by atoms with E-state index in [0.717, 1.165) is 0 Å². The predicted octanol–water partition coefficient (Wildman–Crippen LogP) is 9.32. The zero-order valence-electron chi connectivity index (χ0n) is 33.8. The van der Waals surface area contributed by atoms with Crippen molar-refractivity contribution in [2.45, 2.75) is 62.3 Å². The van der Waals surface area contributed by atoms with Crippen LogP contribution in [-0.2, 0) is 11.1 Å². The number of likely N-dealkylation sites (tertiary alicyclic amines) is 2. The van der Waals surface area contributed by atoms with Crippen LogP contribution in [0.15, 0.2) is 110 Å². The van der Waals surface area contributed by atoms with Crippen LogP contribution in [0.2, 0.25) is 0 Å². The predicted molar refractivity (Wildman–Crippen MR) is 224 cm³/mol. The topological polar surface area (TPSA) is 154 Å². The van der Waals surface area contributed by atoms with Gasteiger partial charge in [-0.1, -0.05) is 36.4 Å². The minimum Gasteiger partial charge on any atom is -0.406 e. The van der Waals surface area contributed by atoms with Gasteiger partial charge in [0.1, 0.15) is 34.2 Å². The van der Waals surface area contributed by atoms with E-state index in [1.54, 1.807) is 80.0 Å². The largest absolute Gasteiger partial charge is 0.573 e. The molecule has 328 valence electrons. The zero-order valence-corrected chi connectivity index (χ0v) is 33.8. The Labute approximate surface area is 359 Å². The van der Waals surface area contributed by atoms with Crippen LogP contribution >= 0.6 is 0 Å². The molecule has 2 fully saturated rings. The van der Waals surface area contributed by atoms with E-state index in [1.807, 2.05) is 24.3 Å². The lowest BCUT2D eigenvalue weighted by Crippen LogP contribution is -2.62. The molecule has 2 amide bonds. The second-order valence-corrected chi connectivity index (χ2v) is 16.1. The van der Waals surface area contributed by atoms with Gasteiger partial charge in [-0.3, -0.25) is 8.80 Å². The number of anilines is 2. The van der Waals surface area contributed by atoms with Crippen molar-refractivity contribution < 1.29 is 40.6 Å². The van der Waals surface area contributed by atoms with Crippen molar-refractivity contribution >= 4 is 50.8 Å². The molecule has 0 spiro atoms. The van der Waals surface area contributed by atoms with Crippen molar-refractivity contribution in [1.29, 1.82) is 0 Å². The number of aromatic nitrogens is 6. The molecule has 8 aromatic rings. The molecular weight excluding hydrogens is 843 g/mol. The first kappa shape index (κ1) is 40.7. The number of hydrogen-bond acceptors (Lipinski definition) is 9. The van der Waals surface area contributed by atoms with Crippen molar-refractivity contribution in [1.82, 2.24) is 38.5 Å². The van der Waals surface area contributed by atoms with Crippen molar-refractivity contribution in [3.63, 3.8) is 0 Å². The molecule has 0 aliphatic carbocycles. The molecule has 4 aromatic heterocycles. The van der Waals surface area contributed by atoms with Crippen LogP contribution in [0, 0.1) is 0 Å². The molecule has 0 bridgehead atoms. The number of halogens is 6. The number of alkyl halides is 6. The van der Waals surface area contributed by atoms with E-state index in [4.69, 9.17) is 11.5 Å². The van der Waals surface area contributed by atoms with Gasteiger partial charge in [-0.2, -0.15) is 0 Å². The van der Waals surface area contributed by atoms with Gasteiger partial charge >= 0.3 is 18.8 Å². The smallest absolute Gasteiger partial charge is 0.406 e. The summed E-state index contributed by atoms with van der Waals surface area (Å²) in [6.07, 6.45) is -0.199. The molecule has 2 saturated heterocycles. The number of benzene rings is 4. The molecule has 2 aliphatic rings. The Hall–Kier alpha value is -7.31. The average molecular weight is 881 g/mol. The molecule has 2 unspecified atom stereocenters. The highest BCUT2D eigenvalue weighted by molar-refractivity contribution is 5.87. The molecule has 6 heterocycles. The van der Waals surface area contributed by atoms with Gasteiger partial charge < -0.3 is 30.7 Å². The third-order valence-electron chi connectivity index (χ3n) is 12.6. The Morgan fingerprint density at radius 1 is 0.547 bits per heavy atom. The van der Waals surface area contributed by atoms with Crippen LogP contribution in [-0.4, -0.2) is 70.4 Å². The number of ether oxygens (including phenoxy) is 2. The summed E-state index contributed by atoms with van der Waals surface area (Å²) in [6.45, 7) is 0.499. The molecule has 19 heteroatoms. The normalized spacial score (nSPS) is 19.8. The summed E-state index contributed by atoms with van der Waals surface area (Å²) in [5.41, 5.74) is 15.9. The molecule has 10 rings (SSSR count). The van der Waals surface area contributed by atoms with Crippen molar-refractivity contribution in [2.75, 3.05) is 24.6 Å². The Kier molecular flexibility index (Phi) is 9.49. The second-order valence-electron chi connectivity index (χ2n) is 16.1. The van der Waals surface area contributed by atoms with Gasteiger partial charge in [0.05, 0.1) is 58.2 Å². The van der Waals surface area contributed by atoms with Crippen molar-refractivity contribution in [2.24, 2.45) is 0 Å². The van der Waals surface area contributed by atoms with Gasteiger partial charge in [-0.05, 0) is 109 Å². The molecule has 4 aromatic carbocycles. The van der Waals surface area contributed by atoms with Crippen LogP contribution in [0.5, 0.6) is 11.5 Å². The third kappa shape index (κ3) is 6.76. The molecule has 4 N–H and O–H groups in total. The standard InChI is InChI=1S/C45H38F6N10O3/c46-44(47,48)63-31-11-5-27(6-12-31)42(29-9-15-33-35(21-29)58-25-54-23-37(58)39(52)56-33)17-1-3-19-60(42)41(62)61-20-4-2-18-43(61,28-7-13-32(14-8-28)64-45(49,50)51)30-10-16-34-36(22-30)59-26-55-24-38(59)40(53)57-34/h5-16,21-26H,1-4,17-20H2,(H2,52,56)(H2,53,57). The fourth-order valence-electron chi connectivity index (χ4n) is 9.88. The van der Waals surface area contributed by atoms with Gasteiger partial charge in [0, 0.05) is 13.1 Å². The Morgan fingerprint density at radius 2 is 0.938 bits per heavy atom.